The van der Waals surface area contributed by atoms with Gasteiger partial charge in [0.2, 0.25) is 5.76 Å². The van der Waals surface area contributed by atoms with Crippen LogP contribution in [0.5, 0.6) is 0 Å². The number of thiophene rings is 1. The molecule has 1 fully saturated rings. The average molecular weight is 307 g/mol. The van der Waals surface area contributed by atoms with Gasteiger partial charge in [-0.25, -0.2) is 4.79 Å². The summed E-state index contributed by atoms with van der Waals surface area (Å²) in [7, 11) is 0. The van der Waals surface area contributed by atoms with Crippen molar-refractivity contribution in [3.8, 4) is 0 Å². The first-order valence-corrected chi connectivity index (χ1v) is 7.30. The lowest BCUT2D eigenvalue weighted by Crippen LogP contribution is -2.42. The number of aromatic carboxylic acids is 1. The van der Waals surface area contributed by atoms with E-state index in [2.05, 4.69) is 0 Å². The van der Waals surface area contributed by atoms with Crippen molar-refractivity contribution in [3.05, 3.63) is 46.0 Å². The van der Waals surface area contributed by atoms with Crippen LogP contribution in [0.3, 0.4) is 0 Å². The molecular weight excluding hydrogens is 294 g/mol. The molecule has 0 bridgehead atoms. The summed E-state index contributed by atoms with van der Waals surface area (Å²) in [6.45, 7) is 1.34. The number of ether oxygens (including phenoxy) is 1. The third-order valence-electron chi connectivity index (χ3n) is 3.24. The standard InChI is InChI=1S/C14H13NO5S/c16-13(9-3-4-10(20-9)14(17)18)15-5-6-19-11(8-15)12-2-1-7-21-12/h1-4,7,11H,5-6,8H2,(H,17,18). The quantitative estimate of drug-likeness (QED) is 0.940. The highest BCUT2D eigenvalue weighted by Gasteiger charge is 2.28. The molecule has 2 aromatic rings. The molecule has 0 aromatic carbocycles. The first kappa shape index (κ1) is 13.8. The van der Waals surface area contributed by atoms with Crippen LogP contribution in [-0.4, -0.2) is 41.6 Å². The van der Waals surface area contributed by atoms with E-state index in [1.165, 1.54) is 12.1 Å². The number of carboxylic acids is 1. The molecule has 1 aliphatic rings. The number of carbonyl (C=O) groups is 2. The van der Waals surface area contributed by atoms with Gasteiger partial charge in [0, 0.05) is 11.4 Å². The molecule has 1 N–H and O–H groups in total. The Labute approximate surface area is 124 Å². The molecule has 0 aliphatic carbocycles. The van der Waals surface area contributed by atoms with E-state index in [0.717, 1.165) is 4.88 Å². The number of carbonyl (C=O) groups excluding carboxylic acids is 1. The fourth-order valence-corrected chi connectivity index (χ4v) is 2.97. The van der Waals surface area contributed by atoms with Gasteiger partial charge in [0.15, 0.2) is 5.76 Å². The minimum Gasteiger partial charge on any atom is -0.475 e. The Balaban J connectivity index is 1.73. The van der Waals surface area contributed by atoms with Gasteiger partial charge in [-0.05, 0) is 23.6 Å². The maximum absolute atomic E-state index is 12.3. The second kappa shape index (κ2) is 5.71. The molecule has 3 heterocycles. The summed E-state index contributed by atoms with van der Waals surface area (Å²) < 4.78 is 10.7. The van der Waals surface area contributed by atoms with E-state index < -0.39 is 5.97 Å². The molecule has 0 radical (unpaired) electrons. The number of amides is 1. The monoisotopic (exact) mass is 307 g/mol. The normalized spacial score (nSPS) is 18.7. The third kappa shape index (κ3) is 2.84. The van der Waals surface area contributed by atoms with Crippen molar-refractivity contribution in [3.63, 3.8) is 0 Å². The second-order valence-electron chi connectivity index (χ2n) is 4.60. The van der Waals surface area contributed by atoms with E-state index in [0.29, 0.717) is 19.7 Å². The Morgan fingerprint density at radius 1 is 1.29 bits per heavy atom. The van der Waals surface area contributed by atoms with Gasteiger partial charge >= 0.3 is 5.97 Å². The molecule has 1 unspecified atom stereocenters. The van der Waals surface area contributed by atoms with E-state index in [9.17, 15) is 9.59 Å². The van der Waals surface area contributed by atoms with E-state index in [4.69, 9.17) is 14.3 Å². The van der Waals surface area contributed by atoms with Crippen molar-refractivity contribution in [2.45, 2.75) is 6.10 Å². The van der Waals surface area contributed by atoms with E-state index in [1.807, 2.05) is 17.5 Å². The molecule has 6 nitrogen and oxygen atoms in total. The first-order chi connectivity index (χ1) is 10.1. The number of hydrogen-bond acceptors (Lipinski definition) is 5. The van der Waals surface area contributed by atoms with Crippen LogP contribution in [0.15, 0.2) is 34.1 Å². The van der Waals surface area contributed by atoms with Crippen molar-refractivity contribution >= 4 is 23.2 Å². The molecule has 21 heavy (non-hydrogen) atoms. The Morgan fingerprint density at radius 2 is 2.10 bits per heavy atom. The van der Waals surface area contributed by atoms with Crippen LogP contribution in [0.25, 0.3) is 0 Å². The van der Waals surface area contributed by atoms with E-state index >= 15 is 0 Å². The van der Waals surface area contributed by atoms with Crippen LogP contribution < -0.4 is 0 Å². The lowest BCUT2D eigenvalue weighted by molar-refractivity contribution is -0.0222. The molecule has 1 aliphatic heterocycles. The molecule has 110 valence electrons. The van der Waals surface area contributed by atoms with Gasteiger partial charge in [0.25, 0.3) is 5.91 Å². The van der Waals surface area contributed by atoms with Crippen LogP contribution in [0, 0.1) is 0 Å². The highest BCUT2D eigenvalue weighted by Crippen LogP contribution is 2.27. The zero-order chi connectivity index (χ0) is 14.8. The van der Waals surface area contributed by atoms with E-state index in [-0.39, 0.29) is 23.5 Å². The molecule has 2 aromatic heterocycles. The predicted octanol–water partition coefficient (Wildman–Crippen LogP) is 2.25. The van der Waals surface area contributed by atoms with Crippen LogP contribution in [0.2, 0.25) is 0 Å². The lowest BCUT2D eigenvalue weighted by atomic mass is 10.2. The van der Waals surface area contributed by atoms with Gasteiger partial charge < -0.3 is 19.2 Å². The SMILES string of the molecule is O=C(O)c1ccc(C(=O)N2CCOC(c3cccs3)C2)o1. The molecule has 3 rings (SSSR count). The zero-order valence-electron chi connectivity index (χ0n) is 11.0. The molecule has 0 spiro atoms. The zero-order valence-corrected chi connectivity index (χ0v) is 11.8. The highest BCUT2D eigenvalue weighted by atomic mass is 32.1. The summed E-state index contributed by atoms with van der Waals surface area (Å²) in [4.78, 5) is 25.8. The number of carboxylic acid groups (broad SMARTS) is 1. The predicted molar refractivity (Wildman–Crippen MR) is 74.6 cm³/mol. The Kier molecular flexibility index (Phi) is 3.76. The maximum Gasteiger partial charge on any atom is 0.371 e. The smallest absolute Gasteiger partial charge is 0.371 e. The van der Waals surface area contributed by atoms with Gasteiger partial charge in [-0.1, -0.05) is 6.07 Å². The third-order valence-corrected chi connectivity index (χ3v) is 4.21. The van der Waals surface area contributed by atoms with Crippen LogP contribution in [0.4, 0.5) is 0 Å². The number of furan rings is 1. The van der Waals surface area contributed by atoms with Gasteiger partial charge in [0.05, 0.1) is 13.2 Å². The highest BCUT2D eigenvalue weighted by molar-refractivity contribution is 7.10. The average Bonchev–Trinajstić information content (AvgIpc) is 3.18. The van der Waals surface area contributed by atoms with Crippen molar-refractivity contribution in [1.82, 2.24) is 4.90 Å². The molecule has 0 saturated carbocycles. The van der Waals surface area contributed by atoms with Crippen LogP contribution in [0.1, 0.15) is 32.1 Å². The first-order valence-electron chi connectivity index (χ1n) is 6.42. The summed E-state index contributed by atoms with van der Waals surface area (Å²) >= 11 is 1.58. The summed E-state index contributed by atoms with van der Waals surface area (Å²) in [5.41, 5.74) is 0. The lowest BCUT2D eigenvalue weighted by Gasteiger charge is -2.31. The van der Waals surface area contributed by atoms with Crippen molar-refractivity contribution < 1.29 is 23.8 Å². The van der Waals surface area contributed by atoms with Crippen molar-refractivity contribution in [2.24, 2.45) is 0 Å². The molecule has 1 amide bonds. The van der Waals surface area contributed by atoms with Gasteiger partial charge in [-0.15, -0.1) is 11.3 Å². The minimum atomic E-state index is -1.19. The van der Waals surface area contributed by atoms with Gasteiger partial charge in [0.1, 0.15) is 6.10 Å². The second-order valence-corrected chi connectivity index (χ2v) is 5.57. The summed E-state index contributed by atoms with van der Waals surface area (Å²) in [6, 6.07) is 6.59. The Morgan fingerprint density at radius 3 is 2.76 bits per heavy atom. The minimum absolute atomic E-state index is 0.0410. The summed E-state index contributed by atoms with van der Waals surface area (Å²) in [6.07, 6.45) is -0.142. The number of morpholine rings is 1. The van der Waals surface area contributed by atoms with Crippen LogP contribution >= 0.6 is 11.3 Å². The summed E-state index contributed by atoms with van der Waals surface area (Å²) in [5.74, 6) is -1.69. The largest absolute Gasteiger partial charge is 0.475 e. The van der Waals surface area contributed by atoms with Gasteiger partial charge in [-0.3, -0.25) is 4.79 Å². The van der Waals surface area contributed by atoms with Crippen molar-refractivity contribution in [1.29, 1.82) is 0 Å². The van der Waals surface area contributed by atoms with Crippen molar-refractivity contribution in [2.75, 3.05) is 19.7 Å². The number of nitrogens with zero attached hydrogens (tertiary/aromatic N) is 1. The fraction of sp³-hybridized carbons (Fsp3) is 0.286. The molecule has 1 saturated heterocycles. The number of rotatable bonds is 3. The molecular formula is C14H13NO5S. The Hall–Kier alpha value is -2.12. The fourth-order valence-electron chi connectivity index (χ4n) is 2.20. The maximum atomic E-state index is 12.3. The van der Waals surface area contributed by atoms with E-state index in [1.54, 1.807) is 16.2 Å². The number of hydrogen-bond donors (Lipinski definition) is 1. The molecule has 7 heteroatoms. The van der Waals surface area contributed by atoms with Gasteiger partial charge in [-0.2, -0.15) is 0 Å². The molecule has 1 atom stereocenters. The Bertz CT molecular complexity index is 648. The van der Waals surface area contributed by atoms with Crippen LogP contribution in [-0.2, 0) is 4.74 Å². The summed E-state index contributed by atoms with van der Waals surface area (Å²) in [5, 5.41) is 10.8. The topological polar surface area (TPSA) is 80.0 Å².